The largest absolute Gasteiger partial charge is 0.352 e. The third kappa shape index (κ3) is 6.10. The van der Waals surface area contributed by atoms with Crippen LogP contribution in [0, 0.1) is 18.9 Å². The van der Waals surface area contributed by atoms with Crippen molar-refractivity contribution in [1.82, 2.24) is 14.5 Å². The van der Waals surface area contributed by atoms with Gasteiger partial charge in [0.25, 0.3) is 0 Å². The van der Waals surface area contributed by atoms with Crippen LogP contribution >= 0.6 is 0 Å². The maximum absolute atomic E-state index is 4.58. The van der Waals surface area contributed by atoms with Crippen LogP contribution in [-0.2, 0) is 7.05 Å². The van der Waals surface area contributed by atoms with Gasteiger partial charge in [0.15, 0.2) is 0 Å². The molecule has 2 aromatic heterocycles. The highest BCUT2D eigenvalue weighted by Gasteiger charge is 2.11. The van der Waals surface area contributed by atoms with Crippen molar-refractivity contribution in [1.29, 1.82) is 0 Å². The van der Waals surface area contributed by atoms with Crippen molar-refractivity contribution in [2.75, 3.05) is 5.32 Å². The Morgan fingerprint density at radius 1 is 1.30 bits per heavy atom. The molecule has 0 bridgehead atoms. The van der Waals surface area contributed by atoms with Gasteiger partial charge in [-0.05, 0) is 57.9 Å². The van der Waals surface area contributed by atoms with Gasteiger partial charge in [0.2, 0.25) is 5.95 Å². The molecular weight excluding hydrogens is 334 g/mol. The molecule has 1 N–H and O–H groups in total. The van der Waals surface area contributed by atoms with Gasteiger partial charge in [0, 0.05) is 37.1 Å². The van der Waals surface area contributed by atoms with Crippen LogP contribution < -0.4 is 10.8 Å². The lowest BCUT2D eigenvalue weighted by molar-refractivity contribution is 0.833. The van der Waals surface area contributed by atoms with Crippen LogP contribution in [0.25, 0.3) is 5.57 Å². The van der Waals surface area contributed by atoms with E-state index in [1.807, 2.05) is 63.8 Å². The summed E-state index contributed by atoms with van der Waals surface area (Å²) in [7, 11) is 1.96. The Bertz CT molecular complexity index is 908. The fraction of sp³-hybridized carbons (Fsp3) is 0.409. The molecule has 0 aliphatic rings. The first-order valence-corrected chi connectivity index (χ1v) is 9.35. The Hall–Kier alpha value is -2.87. The van der Waals surface area contributed by atoms with E-state index in [1.165, 1.54) is 0 Å². The SMILES string of the molecule is CC.CC#CN=c1ccc(/C(=C/C)c2cnc(NC(C)C)nc2C)cn1C. The molecule has 0 saturated heterocycles. The van der Waals surface area contributed by atoms with E-state index in [9.17, 15) is 0 Å². The van der Waals surface area contributed by atoms with Crippen molar-refractivity contribution >= 4 is 11.5 Å². The summed E-state index contributed by atoms with van der Waals surface area (Å²) in [6.45, 7) is 13.9. The van der Waals surface area contributed by atoms with Crippen LogP contribution in [0.5, 0.6) is 0 Å². The average molecular weight is 366 g/mol. The van der Waals surface area contributed by atoms with E-state index < -0.39 is 0 Å². The quantitative estimate of drug-likeness (QED) is 0.822. The number of pyridine rings is 1. The highest BCUT2D eigenvalue weighted by Crippen LogP contribution is 2.24. The second-order valence-corrected chi connectivity index (χ2v) is 6.05. The van der Waals surface area contributed by atoms with Gasteiger partial charge in [0.05, 0.1) is 5.69 Å². The Balaban J connectivity index is 0.00000176. The van der Waals surface area contributed by atoms with Gasteiger partial charge in [-0.2, -0.15) is 4.99 Å². The molecule has 5 heteroatoms. The smallest absolute Gasteiger partial charge is 0.223 e. The molecule has 2 aromatic rings. The minimum absolute atomic E-state index is 0.299. The molecule has 0 amide bonds. The van der Waals surface area contributed by atoms with E-state index in [0.717, 1.165) is 27.9 Å². The monoisotopic (exact) mass is 365 g/mol. The molecular formula is C22H31N5. The van der Waals surface area contributed by atoms with E-state index in [2.05, 4.69) is 52.2 Å². The summed E-state index contributed by atoms with van der Waals surface area (Å²) in [5.74, 6) is 3.44. The minimum atomic E-state index is 0.299. The maximum atomic E-state index is 4.58. The van der Waals surface area contributed by atoms with E-state index in [1.54, 1.807) is 6.92 Å². The van der Waals surface area contributed by atoms with Crippen molar-refractivity contribution in [3.8, 4) is 12.0 Å². The van der Waals surface area contributed by atoms with E-state index in [4.69, 9.17) is 0 Å². The molecule has 0 unspecified atom stereocenters. The molecule has 144 valence electrons. The first kappa shape index (κ1) is 22.2. The Labute approximate surface area is 163 Å². The summed E-state index contributed by atoms with van der Waals surface area (Å²) in [6.07, 6.45) is 6.01. The van der Waals surface area contributed by atoms with Gasteiger partial charge in [0.1, 0.15) is 5.49 Å². The summed E-state index contributed by atoms with van der Waals surface area (Å²) >= 11 is 0. The van der Waals surface area contributed by atoms with Crippen LogP contribution in [0.2, 0.25) is 0 Å². The molecule has 0 fully saturated rings. The fourth-order valence-corrected chi connectivity index (χ4v) is 2.53. The molecule has 0 atom stereocenters. The maximum Gasteiger partial charge on any atom is 0.223 e. The lowest BCUT2D eigenvalue weighted by Gasteiger charge is -2.14. The first-order valence-electron chi connectivity index (χ1n) is 9.35. The summed E-state index contributed by atoms with van der Waals surface area (Å²) in [6, 6.07) is 7.06. The number of anilines is 1. The predicted octanol–water partition coefficient (Wildman–Crippen LogP) is 4.30. The molecule has 0 saturated carbocycles. The molecule has 0 aliphatic carbocycles. The molecule has 0 radical (unpaired) electrons. The zero-order valence-corrected chi connectivity index (χ0v) is 17.8. The number of nitrogens with one attached hydrogen (secondary N) is 1. The zero-order valence-electron chi connectivity index (χ0n) is 17.8. The van der Waals surface area contributed by atoms with Crippen LogP contribution in [0.3, 0.4) is 0 Å². The number of nitrogens with zero attached hydrogens (tertiary/aromatic N) is 4. The van der Waals surface area contributed by atoms with Crippen molar-refractivity contribution in [3.63, 3.8) is 0 Å². The predicted molar refractivity (Wildman–Crippen MR) is 114 cm³/mol. The molecule has 0 spiro atoms. The van der Waals surface area contributed by atoms with Crippen molar-refractivity contribution < 1.29 is 0 Å². The average Bonchev–Trinajstić information content (AvgIpc) is 2.64. The Morgan fingerprint density at radius 3 is 2.52 bits per heavy atom. The van der Waals surface area contributed by atoms with Crippen molar-refractivity contribution in [2.45, 2.75) is 54.5 Å². The number of aromatic nitrogens is 3. The number of rotatable bonds is 4. The molecule has 27 heavy (non-hydrogen) atoms. The first-order chi connectivity index (χ1) is 13.0. The third-order valence-corrected chi connectivity index (χ3v) is 3.68. The second kappa shape index (κ2) is 11.0. The lowest BCUT2D eigenvalue weighted by atomic mass is 9.99. The third-order valence-electron chi connectivity index (χ3n) is 3.68. The Morgan fingerprint density at radius 2 is 2.00 bits per heavy atom. The van der Waals surface area contributed by atoms with E-state index in [0.29, 0.717) is 12.0 Å². The number of allylic oxidation sites excluding steroid dienone is 1. The number of aryl methyl sites for hydroxylation is 2. The van der Waals surface area contributed by atoms with Gasteiger partial charge in [-0.3, -0.25) is 0 Å². The number of hydrogen-bond donors (Lipinski definition) is 1. The van der Waals surface area contributed by atoms with Crippen LogP contribution in [-0.4, -0.2) is 20.6 Å². The number of hydrogen-bond acceptors (Lipinski definition) is 4. The van der Waals surface area contributed by atoms with Gasteiger partial charge < -0.3 is 9.88 Å². The van der Waals surface area contributed by atoms with E-state index in [-0.39, 0.29) is 0 Å². The van der Waals surface area contributed by atoms with Gasteiger partial charge in [-0.25, -0.2) is 9.97 Å². The second-order valence-electron chi connectivity index (χ2n) is 6.05. The van der Waals surface area contributed by atoms with Crippen LogP contribution in [0.1, 0.15) is 58.4 Å². The highest BCUT2D eigenvalue weighted by molar-refractivity contribution is 5.80. The zero-order chi connectivity index (χ0) is 20.4. The highest BCUT2D eigenvalue weighted by atomic mass is 15.1. The topological polar surface area (TPSA) is 55.1 Å². The van der Waals surface area contributed by atoms with Gasteiger partial charge in [-0.1, -0.05) is 25.8 Å². The van der Waals surface area contributed by atoms with Crippen molar-refractivity contribution in [2.24, 2.45) is 12.0 Å². The lowest BCUT2D eigenvalue weighted by Crippen LogP contribution is -2.17. The molecule has 2 heterocycles. The van der Waals surface area contributed by atoms with E-state index >= 15 is 0 Å². The summed E-state index contributed by atoms with van der Waals surface area (Å²) in [5, 5.41) is 3.23. The molecule has 0 aliphatic heterocycles. The fourth-order valence-electron chi connectivity index (χ4n) is 2.53. The molecule has 0 aromatic carbocycles. The summed E-state index contributed by atoms with van der Waals surface area (Å²) in [5.41, 5.74) is 4.97. The molecule has 5 nitrogen and oxygen atoms in total. The molecule has 2 rings (SSSR count). The van der Waals surface area contributed by atoms with Crippen molar-refractivity contribution in [3.05, 3.63) is 52.9 Å². The minimum Gasteiger partial charge on any atom is -0.352 e. The van der Waals surface area contributed by atoms with Gasteiger partial charge >= 0.3 is 0 Å². The normalized spacial score (nSPS) is 11.4. The summed E-state index contributed by atoms with van der Waals surface area (Å²) in [4.78, 5) is 13.3. The Kier molecular flexibility index (Phi) is 9.01. The van der Waals surface area contributed by atoms with Crippen LogP contribution in [0.15, 0.2) is 35.6 Å². The summed E-state index contributed by atoms with van der Waals surface area (Å²) < 4.78 is 1.97. The van der Waals surface area contributed by atoms with Crippen LogP contribution in [0.4, 0.5) is 5.95 Å². The van der Waals surface area contributed by atoms with Gasteiger partial charge in [-0.15, -0.1) is 0 Å². The standard InChI is InChI=1S/C20H25N5.C2H6/c1-7-11-21-19-10-9-16(13-25(19)6)17(8-2)18-12-22-20(23-14(3)4)24-15(18)5;1-2/h8-10,12-14H,1-6H3,(H,22,23,24);1-2H3/b17-8-,21-19?;.